The molecule has 2 N–H and O–H groups in total. The summed E-state index contributed by atoms with van der Waals surface area (Å²) >= 11 is 1.59. The molecule has 0 radical (unpaired) electrons. The molecule has 1 fully saturated rings. The molecule has 0 aliphatic carbocycles. The van der Waals surface area contributed by atoms with Crippen LogP contribution in [-0.4, -0.2) is 45.4 Å². The number of ether oxygens (including phenoxy) is 1. The summed E-state index contributed by atoms with van der Waals surface area (Å²) in [7, 11) is 0. The summed E-state index contributed by atoms with van der Waals surface area (Å²) in [4.78, 5) is 34.7. The first-order valence-corrected chi connectivity index (χ1v) is 9.92. The molecule has 4 rings (SSSR count). The number of amides is 2. The average Bonchev–Trinajstić information content (AvgIpc) is 3.31. The predicted molar refractivity (Wildman–Crippen MR) is 106 cm³/mol. The molecule has 1 aliphatic rings. The minimum Gasteiger partial charge on any atom is -0.487 e. The van der Waals surface area contributed by atoms with Crippen molar-refractivity contribution >= 4 is 33.4 Å². The minimum atomic E-state index is -0.649. The van der Waals surface area contributed by atoms with E-state index in [1.165, 1.54) is 4.90 Å². The van der Waals surface area contributed by atoms with Crippen LogP contribution in [0.1, 0.15) is 17.8 Å². The molecule has 144 valence electrons. The molecule has 0 unspecified atom stereocenters. The van der Waals surface area contributed by atoms with Gasteiger partial charge in [0, 0.05) is 25.5 Å². The summed E-state index contributed by atoms with van der Waals surface area (Å²) in [6.45, 7) is 0.335. The number of carbonyl (C=O) groups excluding carboxylic acids is 2. The fourth-order valence-electron chi connectivity index (χ4n) is 3.42. The van der Waals surface area contributed by atoms with Crippen molar-refractivity contribution in [3.05, 3.63) is 53.8 Å². The van der Waals surface area contributed by atoms with E-state index in [9.17, 15) is 9.59 Å². The Kier molecular flexibility index (Phi) is 5.21. The second-order valence-corrected chi connectivity index (χ2v) is 7.82. The SMILES string of the molecule is NC(=O)[C@@H]1C[C@H](Oc2cccnc2)CN1C(=O)CCc1nc2ccccc2s1. The number of hydrogen-bond acceptors (Lipinski definition) is 6. The van der Waals surface area contributed by atoms with E-state index in [0.717, 1.165) is 15.2 Å². The first-order chi connectivity index (χ1) is 13.6. The van der Waals surface area contributed by atoms with Crippen molar-refractivity contribution in [2.75, 3.05) is 6.54 Å². The van der Waals surface area contributed by atoms with Crippen LogP contribution in [0.25, 0.3) is 10.2 Å². The monoisotopic (exact) mass is 396 g/mol. The largest absolute Gasteiger partial charge is 0.487 e. The molecular formula is C20H20N4O3S. The number of nitrogens with zero attached hydrogens (tertiary/aromatic N) is 3. The number of benzene rings is 1. The number of carbonyl (C=O) groups is 2. The van der Waals surface area contributed by atoms with Crippen molar-refractivity contribution in [2.45, 2.75) is 31.4 Å². The van der Waals surface area contributed by atoms with E-state index >= 15 is 0 Å². The van der Waals surface area contributed by atoms with Crippen LogP contribution in [0.2, 0.25) is 0 Å². The van der Waals surface area contributed by atoms with Gasteiger partial charge < -0.3 is 15.4 Å². The lowest BCUT2D eigenvalue weighted by Crippen LogP contribution is -2.43. The highest BCUT2D eigenvalue weighted by Crippen LogP contribution is 2.25. The minimum absolute atomic E-state index is 0.111. The van der Waals surface area contributed by atoms with Crippen LogP contribution in [0.4, 0.5) is 0 Å². The molecule has 2 aromatic heterocycles. The van der Waals surface area contributed by atoms with Gasteiger partial charge in [0.15, 0.2) is 0 Å². The Morgan fingerprint density at radius 1 is 1.25 bits per heavy atom. The Labute approximate surface area is 166 Å². The number of pyridine rings is 1. The number of aryl methyl sites for hydroxylation is 1. The van der Waals surface area contributed by atoms with Crippen molar-refractivity contribution in [2.24, 2.45) is 5.73 Å². The van der Waals surface area contributed by atoms with Crippen LogP contribution in [0.5, 0.6) is 5.75 Å². The van der Waals surface area contributed by atoms with E-state index < -0.39 is 11.9 Å². The van der Waals surface area contributed by atoms with Crippen molar-refractivity contribution in [1.82, 2.24) is 14.9 Å². The van der Waals surface area contributed by atoms with Gasteiger partial charge in [0.05, 0.1) is 28.0 Å². The number of para-hydroxylation sites is 1. The number of thiazole rings is 1. The van der Waals surface area contributed by atoms with Crippen LogP contribution in [-0.2, 0) is 16.0 Å². The topological polar surface area (TPSA) is 98.4 Å². The molecule has 1 aliphatic heterocycles. The van der Waals surface area contributed by atoms with Gasteiger partial charge in [-0.1, -0.05) is 12.1 Å². The third-order valence-electron chi connectivity index (χ3n) is 4.74. The smallest absolute Gasteiger partial charge is 0.240 e. The van der Waals surface area contributed by atoms with Gasteiger partial charge in [0.2, 0.25) is 11.8 Å². The molecular weight excluding hydrogens is 376 g/mol. The molecule has 7 nitrogen and oxygen atoms in total. The van der Waals surface area contributed by atoms with Gasteiger partial charge in [-0.3, -0.25) is 14.6 Å². The van der Waals surface area contributed by atoms with Crippen LogP contribution >= 0.6 is 11.3 Å². The van der Waals surface area contributed by atoms with Crippen LogP contribution in [0.3, 0.4) is 0 Å². The van der Waals surface area contributed by atoms with Crippen molar-refractivity contribution in [1.29, 1.82) is 0 Å². The van der Waals surface area contributed by atoms with Gasteiger partial charge in [-0.15, -0.1) is 11.3 Å². The Hall–Kier alpha value is -3.00. The Morgan fingerprint density at radius 2 is 2.11 bits per heavy atom. The van der Waals surface area contributed by atoms with Gasteiger partial charge in [-0.25, -0.2) is 4.98 Å². The normalized spacial score (nSPS) is 19.1. The zero-order valence-electron chi connectivity index (χ0n) is 15.2. The molecule has 2 atom stereocenters. The van der Waals surface area contributed by atoms with Crippen LogP contribution < -0.4 is 10.5 Å². The highest BCUT2D eigenvalue weighted by molar-refractivity contribution is 7.18. The lowest BCUT2D eigenvalue weighted by molar-refractivity contribution is -0.137. The molecule has 0 spiro atoms. The Bertz CT molecular complexity index is 958. The summed E-state index contributed by atoms with van der Waals surface area (Å²) in [5.74, 6) is -0.00883. The van der Waals surface area contributed by atoms with E-state index in [2.05, 4.69) is 9.97 Å². The third kappa shape index (κ3) is 3.96. The number of primary amides is 1. The van der Waals surface area contributed by atoms with Crippen molar-refractivity contribution < 1.29 is 14.3 Å². The molecule has 3 heterocycles. The molecule has 28 heavy (non-hydrogen) atoms. The molecule has 3 aromatic rings. The first kappa shape index (κ1) is 18.4. The Balaban J connectivity index is 1.40. The zero-order valence-corrected chi connectivity index (χ0v) is 16.0. The fraction of sp³-hybridized carbons (Fsp3) is 0.300. The molecule has 1 aromatic carbocycles. The van der Waals surface area contributed by atoms with Crippen molar-refractivity contribution in [3.8, 4) is 5.75 Å². The molecule has 0 bridgehead atoms. The maximum absolute atomic E-state index is 12.8. The number of fused-ring (bicyclic) bond motifs is 1. The summed E-state index contributed by atoms with van der Waals surface area (Å²) in [6.07, 6.45) is 4.19. The average molecular weight is 396 g/mol. The van der Waals surface area contributed by atoms with Crippen molar-refractivity contribution in [3.63, 3.8) is 0 Å². The summed E-state index contributed by atoms with van der Waals surface area (Å²) in [5.41, 5.74) is 6.47. The van der Waals surface area contributed by atoms with Gasteiger partial charge >= 0.3 is 0 Å². The van der Waals surface area contributed by atoms with Gasteiger partial charge in [0.25, 0.3) is 0 Å². The van der Waals surface area contributed by atoms with E-state index in [1.807, 2.05) is 24.3 Å². The zero-order chi connectivity index (χ0) is 19.5. The van der Waals surface area contributed by atoms with E-state index in [1.54, 1.807) is 35.9 Å². The number of likely N-dealkylation sites (tertiary alicyclic amines) is 1. The number of rotatable bonds is 6. The lowest BCUT2D eigenvalue weighted by atomic mass is 10.2. The van der Waals surface area contributed by atoms with Crippen LogP contribution in [0, 0.1) is 0 Å². The molecule has 2 amide bonds. The molecule has 1 saturated heterocycles. The number of aromatic nitrogens is 2. The molecule has 0 saturated carbocycles. The molecule has 8 heteroatoms. The Morgan fingerprint density at radius 3 is 2.86 bits per heavy atom. The van der Waals surface area contributed by atoms with Gasteiger partial charge in [-0.2, -0.15) is 0 Å². The quantitative estimate of drug-likeness (QED) is 0.688. The second-order valence-electron chi connectivity index (χ2n) is 6.70. The van der Waals surface area contributed by atoms with Gasteiger partial charge in [0.1, 0.15) is 17.9 Å². The maximum atomic E-state index is 12.8. The predicted octanol–water partition coefficient (Wildman–Crippen LogP) is 2.16. The summed E-state index contributed by atoms with van der Waals surface area (Å²) in [5, 5.41) is 0.910. The van der Waals surface area contributed by atoms with Gasteiger partial charge in [-0.05, 0) is 24.3 Å². The fourth-order valence-corrected chi connectivity index (χ4v) is 4.39. The first-order valence-electron chi connectivity index (χ1n) is 9.10. The number of hydrogen-bond donors (Lipinski definition) is 1. The van der Waals surface area contributed by atoms with E-state index in [0.29, 0.717) is 25.1 Å². The standard InChI is InChI=1S/C20H20N4O3S/c21-20(26)16-10-14(27-13-4-3-9-22-11-13)12-24(16)19(25)8-7-18-23-15-5-1-2-6-17(15)28-18/h1-6,9,11,14,16H,7-8,10,12H2,(H2,21,26)/t14-,16-/m0/s1. The third-order valence-corrected chi connectivity index (χ3v) is 5.84. The maximum Gasteiger partial charge on any atom is 0.240 e. The summed E-state index contributed by atoms with van der Waals surface area (Å²) < 4.78 is 6.97. The summed E-state index contributed by atoms with van der Waals surface area (Å²) in [6, 6.07) is 10.8. The second kappa shape index (κ2) is 7.93. The lowest BCUT2D eigenvalue weighted by Gasteiger charge is -2.21. The number of nitrogens with two attached hydrogens (primary N) is 1. The van der Waals surface area contributed by atoms with E-state index in [-0.39, 0.29) is 18.4 Å². The van der Waals surface area contributed by atoms with E-state index in [4.69, 9.17) is 10.5 Å². The highest BCUT2D eigenvalue weighted by atomic mass is 32.1. The van der Waals surface area contributed by atoms with Crippen LogP contribution in [0.15, 0.2) is 48.8 Å². The highest BCUT2D eigenvalue weighted by Gasteiger charge is 2.39.